The monoisotopic (exact) mass is 330 g/mol. The summed E-state index contributed by atoms with van der Waals surface area (Å²) in [5.41, 5.74) is 1.27. The van der Waals surface area contributed by atoms with Crippen molar-refractivity contribution in [3.63, 3.8) is 0 Å². The number of pyridine rings is 1. The van der Waals surface area contributed by atoms with E-state index < -0.39 is 9.84 Å². The number of nitrogens with zero attached hydrogens (tertiary/aromatic N) is 2. The maximum Gasteiger partial charge on any atom is 0.253 e. The third-order valence-corrected chi connectivity index (χ3v) is 5.62. The first-order valence-electron chi connectivity index (χ1n) is 7.57. The fourth-order valence-electron chi connectivity index (χ4n) is 2.68. The van der Waals surface area contributed by atoms with Crippen LogP contribution < -0.4 is 0 Å². The van der Waals surface area contributed by atoms with Gasteiger partial charge >= 0.3 is 0 Å². The Bertz CT molecular complexity index is 780. The number of likely N-dealkylation sites (tertiary alicyclic amines) is 1. The summed E-state index contributed by atoms with van der Waals surface area (Å²) >= 11 is 0. The number of hydrogen-bond donors (Lipinski definition) is 0. The molecule has 6 heteroatoms. The molecule has 0 aliphatic carbocycles. The van der Waals surface area contributed by atoms with Crippen molar-refractivity contribution in [1.29, 1.82) is 0 Å². The molecule has 0 atom stereocenters. The van der Waals surface area contributed by atoms with Crippen molar-refractivity contribution in [3.8, 4) is 0 Å². The lowest BCUT2D eigenvalue weighted by Crippen LogP contribution is -2.27. The molecular weight excluding hydrogens is 312 g/mol. The second kappa shape index (κ2) is 6.50. The van der Waals surface area contributed by atoms with Crippen LogP contribution in [0.25, 0.3) is 0 Å². The van der Waals surface area contributed by atoms with Crippen LogP contribution in [0.5, 0.6) is 0 Å². The van der Waals surface area contributed by atoms with Crippen molar-refractivity contribution in [1.82, 2.24) is 9.88 Å². The zero-order valence-electron chi connectivity index (χ0n) is 12.7. The fraction of sp³-hybridized carbons (Fsp3) is 0.294. The van der Waals surface area contributed by atoms with Crippen LogP contribution in [0.3, 0.4) is 0 Å². The molecule has 1 amide bonds. The van der Waals surface area contributed by atoms with Gasteiger partial charge in [-0.1, -0.05) is 12.1 Å². The molecule has 1 aromatic heterocycles. The van der Waals surface area contributed by atoms with E-state index in [2.05, 4.69) is 4.98 Å². The predicted molar refractivity (Wildman–Crippen MR) is 86.7 cm³/mol. The third kappa shape index (κ3) is 3.59. The van der Waals surface area contributed by atoms with Crippen LogP contribution in [0.4, 0.5) is 0 Å². The molecule has 23 heavy (non-hydrogen) atoms. The Balaban J connectivity index is 1.74. The molecule has 120 valence electrons. The second-order valence-electron chi connectivity index (χ2n) is 5.64. The van der Waals surface area contributed by atoms with Gasteiger partial charge in [-0.25, -0.2) is 8.42 Å². The molecule has 2 aromatic rings. The summed E-state index contributed by atoms with van der Waals surface area (Å²) in [5.74, 6) is -0.0826. The van der Waals surface area contributed by atoms with Crippen molar-refractivity contribution >= 4 is 15.7 Å². The Kier molecular flexibility index (Phi) is 4.43. The van der Waals surface area contributed by atoms with Gasteiger partial charge in [-0.15, -0.1) is 0 Å². The summed E-state index contributed by atoms with van der Waals surface area (Å²) in [6.07, 6.45) is 4.98. The van der Waals surface area contributed by atoms with Gasteiger partial charge in [-0.3, -0.25) is 9.78 Å². The Morgan fingerprint density at radius 1 is 1.09 bits per heavy atom. The fourth-order valence-corrected chi connectivity index (χ4v) is 3.99. The minimum Gasteiger partial charge on any atom is -0.339 e. The maximum absolute atomic E-state index is 12.3. The zero-order valence-corrected chi connectivity index (χ0v) is 13.5. The van der Waals surface area contributed by atoms with E-state index in [1.54, 1.807) is 30.3 Å². The topological polar surface area (TPSA) is 67.3 Å². The molecular formula is C17H18N2O3S. The molecule has 0 unspecified atom stereocenters. The van der Waals surface area contributed by atoms with Crippen molar-refractivity contribution in [2.75, 3.05) is 13.1 Å². The average molecular weight is 330 g/mol. The van der Waals surface area contributed by atoms with Crippen LogP contribution in [0, 0.1) is 0 Å². The van der Waals surface area contributed by atoms with E-state index in [1.807, 2.05) is 4.90 Å². The van der Waals surface area contributed by atoms with Crippen molar-refractivity contribution in [3.05, 3.63) is 59.9 Å². The first-order chi connectivity index (χ1) is 11.1. The van der Waals surface area contributed by atoms with Crippen LogP contribution >= 0.6 is 0 Å². The molecule has 0 saturated carbocycles. The van der Waals surface area contributed by atoms with Gasteiger partial charge in [0.25, 0.3) is 5.91 Å². The molecule has 5 nitrogen and oxygen atoms in total. The number of aromatic nitrogens is 1. The summed E-state index contributed by atoms with van der Waals surface area (Å²) in [7, 11) is -3.42. The van der Waals surface area contributed by atoms with E-state index in [9.17, 15) is 13.2 Å². The van der Waals surface area contributed by atoms with Crippen LogP contribution in [-0.4, -0.2) is 37.3 Å². The zero-order chi connectivity index (χ0) is 16.3. The van der Waals surface area contributed by atoms with Gasteiger partial charge in [-0.2, -0.15) is 0 Å². The standard InChI is InChI=1S/C17H18N2O3S/c20-17(19-10-1-2-11-19)15-7-5-14(6-8-15)13-23(21,22)16-4-3-9-18-12-16/h3-9,12H,1-2,10-11,13H2. The number of amides is 1. The van der Waals surface area contributed by atoms with E-state index in [0.29, 0.717) is 11.1 Å². The van der Waals surface area contributed by atoms with Gasteiger partial charge in [0.15, 0.2) is 9.84 Å². The van der Waals surface area contributed by atoms with E-state index in [-0.39, 0.29) is 16.6 Å². The second-order valence-corrected chi connectivity index (χ2v) is 7.63. The smallest absolute Gasteiger partial charge is 0.253 e. The van der Waals surface area contributed by atoms with Crippen LogP contribution in [-0.2, 0) is 15.6 Å². The van der Waals surface area contributed by atoms with Crippen molar-refractivity contribution in [2.24, 2.45) is 0 Å². The lowest BCUT2D eigenvalue weighted by Gasteiger charge is -2.15. The number of carbonyl (C=O) groups excluding carboxylic acids is 1. The van der Waals surface area contributed by atoms with Crippen LogP contribution in [0.15, 0.2) is 53.7 Å². The largest absolute Gasteiger partial charge is 0.339 e. The van der Waals surface area contributed by atoms with Crippen molar-refractivity contribution < 1.29 is 13.2 Å². The minimum absolute atomic E-state index is 0.0177. The first kappa shape index (κ1) is 15.7. The molecule has 0 spiro atoms. The number of rotatable bonds is 4. The van der Waals surface area contributed by atoms with Gasteiger partial charge in [0.1, 0.15) is 0 Å². The molecule has 1 aromatic carbocycles. The number of hydrogen-bond acceptors (Lipinski definition) is 4. The van der Waals surface area contributed by atoms with E-state index in [4.69, 9.17) is 0 Å². The SMILES string of the molecule is O=C(c1ccc(CS(=O)(=O)c2cccnc2)cc1)N1CCCC1. The third-order valence-electron chi connectivity index (χ3n) is 3.94. The molecule has 2 heterocycles. The molecule has 3 rings (SSSR count). The molecule has 0 radical (unpaired) electrons. The van der Waals surface area contributed by atoms with Crippen LogP contribution in [0.2, 0.25) is 0 Å². The predicted octanol–water partition coefficient (Wildman–Crippen LogP) is 2.29. The Labute approximate surface area is 135 Å². The lowest BCUT2D eigenvalue weighted by molar-refractivity contribution is 0.0793. The Morgan fingerprint density at radius 3 is 2.39 bits per heavy atom. The molecule has 0 bridgehead atoms. The van der Waals surface area contributed by atoms with Gasteiger partial charge in [0.05, 0.1) is 10.6 Å². The number of benzene rings is 1. The summed E-state index contributed by atoms with van der Waals surface area (Å²) < 4.78 is 24.6. The Hall–Kier alpha value is -2.21. The number of carbonyl (C=O) groups is 1. The lowest BCUT2D eigenvalue weighted by atomic mass is 10.1. The van der Waals surface area contributed by atoms with E-state index in [1.165, 1.54) is 18.5 Å². The van der Waals surface area contributed by atoms with Gasteiger partial charge in [0, 0.05) is 31.0 Å². The first-order valence-corrected chi connectivity index (χ1v) is 9.22. The minimum atomic E-state index is -3.42. The number of sulfone groups is 1. The summed E-state index contributed by atoms with van der Waals surface area (Å²) in [6.45, 7) is 1.60. The van der Waals surface area contributed by atoms with E-state index in [0.717, 1.165) is 25.9 Å². The Morgan fingerprint density at radius 2 is 1.78 bits per heavy atom. The van der Waals surface area contributed by atoms with E-state index >= 15 is 0 Å². The molecule has 0 N–H and O–H groups in total. The highest BCUT2D eigenvalue weighted by atomic mass is 32.2. The van der Waals surface area contributed by atoms with Gasteiger partial charge in [0.2, 0.25) is 0 Å². The average Bonchev–Trinajstić information content (AvgIpc) is 3.10. The molecule has 1 fully saturated rings. The van der Waals surface area contributed by atoms with Crippen LogP contribution in [0.1, 0.15) is 28.8 Å². The summed E-state index contributed by atoms with van der Waals surface area (Å²) in [5, 5.41) is 0. The summed E-state index contributed by atoms with van der Waals surface area (Å²) in [6, 6.07) is 9.95. The molecule has 1 aliphatic rings. The quantitative estimate of drug-likeness (QED) is 0.862. The highest BCUT2D eigenvalue weighted by Gasteiger charge is 2.20. The highest BCUT2D eigenvalue weighted by Crippen LogP contribution is 2.17. The molecule has 1 saturated heterocycles. The normalized spacial score (nSPS) is 14.9. The molecule has 1 aliphatic heterocycles. The highest BCUT2D eigenvalue weighted by molar-refractivity contribution is 7.90. The maximum atomic E-state index is 12.3. The van der Waals surface area contributed by atoms with Gasteiger partial charge < -0.3 is 4.90 Å². The summed E-state index contributed by atoms with van der Waals surface area (Å²) in [4.78, 5) is 18.1. The van der Waals surface area contributed by atoms with Crippen molar-refractivity contribution in [2.45, 2.75) is 23.5 Å². The van der Waals surface area contributed by atoms with Gasteiger partial charge in [-0.05, 0) is 42.7 Å².